The normalized spacial score (nSPS) is 11.8. The van der Waals surface area contributed by atoms with Crippen LogP contribution in [0.1, 0.15) is 12.1 Å². The minimum absolute atomic E-state index is 0.392. The van der Waals surface area contributed by atoms with Crippen molar-refractivity contribution in [2.45, 2.75) is 19.1 Å². The maximum Gasteiger partial charge on any atom is 0.392 e. The lowest BCUT2D eigenvalue weighted by molar-refractivity contribution is -0.139. The van der Waals surface area contributed by atoms with E-state index in [2.05, 4.69) is 10.3 Å². The zero-order chi connectivity index (χ0) is 14.6. The van der Waals surface area contributed by atoms with Crippen LogP contribution in [0.5, 0.6) is 5.75 Å². The second kappa shape index (κ2) is 6.09. The maximum absolute atomic E-state index is 12.2. The van der Waals surface area contributed by atoms with Gasteiger partial charge in [-0.1, -0.05) is 12.1 Å². The largest absolute Gasteiger partial charge is 0.492 e. The van der Waals surface area contributed by atoms with Gasteiger partial charge in [0.1, 0.15) is 5.75 Å². The Kier molecular flexibility index (Phi) is 4.44. The number of pyridine rings is 1. The Labute approximate surface area is 114 Å². The summed E-state index contributed by atoms with van der Waals surface area (Å²) in [7, 11) is 1.78. The standard InChI is InChI=1S/C14H15F3N2O/c1-18-9-10-8-13(20-7-6-14(15,16)17)11-4-2-3-5-12(11)19-10/h2-5,8,18H,6-7,9H2,1H3. The van der Waals surface area contributed by atoms with Crippen LogP contribution >= 0.6 is 0 Å². The number of aromatic nitrogens is 1. The van der Waals surface area contributed by atoms with Gasteiger partial charge in [0.25, 0.3) is 0 Å². The predicted octanol–water partition coefficient (Wildman–Crippen LogP) is 3.29. The topological polar surface area (TPSA) is 34.1 Å². The third-order valence-corrected chi connectivity index (χ3v) is 2.73. The lowest BCUT2D eigenvalue weighted by Crippen LogP contribution is -2.13. The first-order valence-electron chi connectivity index (χ1n) is 6.22. The number of nitrogens with one attached hydrogen (secondary N) is 1. The molecule has 0 fully saturated rings. The molecule has 0 spiro atoms. The summed E-state index contributed by atoms with van der Waals surface area (Å²) in [6, 6.07) is 8.91. The van der Waals surface area contributed by atoms with Crippen molar-refractivity contribution < 1.29 is 17.9 Å². The number of benzene rings is 1. The highest BCUT2D eigenvalue weighted by Gasteiger charge is 2.27. The van der Waals surface area contributed by atoms with Crippen LogP contribution in [0.15, 0.2) is 30.3 Å². The number of hydrogen-bond acceptors (Lipinski definition) is 3. The van der Waals surface area contributed by atoms with Crippen molar-refractivity contribution in [2.24, 2.45) is 0 Å². The van der Waals surface area contributed by atoms with E-state index in [4.69, 9.17) is 4.74 Å². The molecule has 0 amide bonds. The summed E-state index contributed by atoms with van der Waals surface area (Å²) in [6.07, 6.45) is -5.18. The highest BCUT2D eigenvalue weighted by Crippen LogP contribution is 2.27. The molecule has 1 heterocycles. The number of hydrogen-bond donors (Lipinski definition) is 1. The van der Waals surface area contributed by atoms with Gasteiger partial charge in [-0.2, -0.15) is 13.2 Å². The molecule has 0 radical (unpaired) electrons. The highest BCUT2D eigenvalue weighted by molar-refractivity contribution is 5.85. The lowest BCUT2D eigenvalue weighted by Gasteiger charge is -2.12. The summed E-state index contributed by atoms with van der Waals surface area (Å²) in [6.45, 7) is 0.136. The molecule has 0 saturated carbocycles. The third kappa shape index (κ3) is 3.84. The van der Waals surface area contributed by atoms with Gasteiger partial charge in [-0.05, 0) is 19.2 Å². The molecule has 1 aromatic carbocycles. The molecule has 1 aromatic heterocycles. The Hall–Kier alpha value is -1.82. The SMILES string of the molecule is CNCc1cc(OCCC(F)(F)F)c2ccccc2n1. The molecular formula is C14H15F3N2O. The summed E-state index contributed by atoms with van der Waals surface area (Å²) >= 11 is 0. The van der Waals surface area contributed by atoms with Gasteiger partial charge >= 0.3 is 6.18 Å². The van der Waals surface area contributed by atoms with Crippen LogP contribution in [-0.4, -0.2) is 24.8 Å². The van der Waals surface area contributed by atoms with Crippen LogP contribution in [0.25, 0.3) is 10.9 Å². The monoisotopic (exact) mass is 284 g/mol. The molecule has 1 N–H and O–H groups in total. The Bertz CT molecular complexity index is 584. The minimum Gasteiger partial charge on any atom is -0.492 e. The second-order valence-electron chi connectivity index (χ2n) is 4.37. The Morgan fingerprint density at radius 3 is 2.70 bits per heavy atom. The molecule has 0 aliphatic heterocycles. The van der Waals surface area contributed by atoms with Gasteiger partial charge in [-0.15, -0.1) is 0 Å². The van der Waals surface area contributed by atoms with E-state index < -0.39 is 19.2 Å². The molecule has 2 rings (SSSR count). The number of alkyl halides is 3. The van der Waals surface area contributed by atoms with E-state index >= 15 is 0 Å². The summed E-state index contributed by atoms with van der Waals surface area (Å²) in [5.74, 6) is 0.435. The van der Waals surface area contributed by atoms with Crippen molar-refractivity contribution in [3.05, 3.63) is 36.0 Å². The third-order valence-electron chi connectivity index (χ3n) is 2.73. The van der Waals surface area contributed by atoms with Crippen molar-refractivity contribution in [3.63, 3.8) is 0 Å². The summed E-state index contributed by atoms with van der Waals surface area (Å²) < 4.78 is 41.8. The van der Waals surface area contributed by atoms with Crippen molar-refractivity contribution in [2.75, 3.05) is 13.7 Å². The fourth-order valence-electron chi connectivity index (χ4n) is 1.86. The van der Waals surface area contributed by atoms with Gasteiger partial charge in [-0.25, -0.2) is 0 Å². The molecule has 0 unspecified atom stereocenters. The zero-order valence-corrected chi connectivity index (χ0v) is 11.0. The van der Waals surface area contributed by atoms with Crippen LogP contribution in [0.2, 0.25) is 0 Å². The molecule has 0 bridgehead atoms. The summed E-state index contributed by atoms with van der Waals surface area (Å²) in [5, 5.41) is 3.68. The highest BCUT2D eigenvalue weighted by atomic mass is 19.4. The Balaban J connectivity index is 2.25. The fourth-order valence-corrected chi connectivity index (χ4v) is 1.86. The van der Waals surface area contributed by atoms with Gasteiger partial charge < -0.3 is 10.1 Å². The molecule has 108 valence electrons. The van der Waals surface area contributed by atoms with Gasteiger partial charge in [0.15, 0.2) is 0 Å². The van der Waals surface area contributed by atoms with Crippen molar-refractivity contribution in [3.8, 4) is 5.75 Å². The van der Waals surface area contributed by atoms with Crippen molar-refractivity contribution in [1.29, 1.82) is 0 Å². The molecule has 0 atom stereocenters. The van der Waals surface area contributed by atoms with E-state index in [1.54, 1.807) is 25.2 Å². The predicted molar refractivity (Wildman–Crippen MR) is 70.7 cm³/mol. The quantitative estimate of drug-likeness (QED) is 0.915. The van der Waals surface area contributed by atoms with E-state index in [0.29, 0.717) is 17.8 Å². The lowest BCUT2D eigenvalue weighted by atomic mass is 10.2. The van der Waals surface area contributed by atoms with Gasteiger partial charge in [0.2, 0.25) is 0 Å². The number of rotatable bonds is 5. The van der Waals surface area contributed by atoms with Crippen LogP contribution in [0.3, 0.4) is 0 Å². The fraction of sp³-hybridized carbons (Fsp3) is 0.357. The van der Waals surface area contributed by atoms with E-state index in [9.17, 15) is 13.2 Å². The first-order chi connectivity index (χ1) is 9.49. The van der Waals surface area contributed by atoms with Crippen molar-refractivity contribution in [1.82, 2.24) is 10.3 Å². The molecular weight excluding hydrogens is 269 g/mol. The number of ether oxygens (including phenoxy) is 1. The van der Waals surface area contributed by atoms with E-state index in [-0.39, 0.29) is 0 Å². The van der Waals surface area contributed by atoms with Crippen LogP contribution in [0.4, 0.5) is 13.2 Å². The summed E-state index contributed by atoms with van der Waals surface area (Å²) in [5.41, 5.74) is 1.44. The summed E-state index contributed by atoms with van der Waals surface area (Å²) in [4.78, 5) is 4.42. The van der Waals surface area contributed by atoms with Gasteiger partial charge in [0.05, 0.1) is 24.2 Å². The molecule has 20 heavy (non-hydrogen) atoms. The number of nitrogens with zero attached hydrogens (tertiary/aromatic N) is 1. The molecule has 2 aromatic rings. The molecule has 0 aliphatic rings. The van der Waals surface area contributed by atoms with E-state index in [1.807, 2.05) is 12.1 Å². The average molecular weight is 284 g/mol. The smallest absolute Gasteiger partial charge is 0.392 e. The van der Waals surface area contributed by atoms with Crippen molar-refractivity contribution >= 4 is 10.9 Å². The van der Waals surface area contributed by atoms with E-state index in [0.717, 1.165) is 11.1 Å². The number of halogens is 3. The van der Waals surface area contributed by atoms with Crippen LogP contribution < -0.4 is 10.1 Å². The molecule has 0 aliphatic carbocycles. The zero-order valence-electron chi connectivity index (χ0n) is 11.0. The molecule has 0 saturated heterocycles. The molecule has 3 nitrogen and oxygen atoms in total. The first kappa shape index (κ1) is 14.6. The van der Waals surface area contributed by atoms with Crippen LogP contribution in [0, 0.1) is 0 Å². The second-order valence-corrected chi connectivity index (χ2v) is 4.37. The minimum atomic E-state index is -4.21. The number of para-hydroxylation sites is 1. The molecule has 6 heteroatoms. The van der Waals surface area contributed by atoms with Gasteiger partial charge in [0, 0.05) is 18.0 Å². The van der Waals surface area contributed by atoms with Gasteiger partial charge in [-0.3, -0.25) is 4.98 Å². The number of fused-ring (bicyclic) bond motifs is 1. The Morgan fingerprint density at radius 1 is 1.25 bits per heavy atom. The first-order valence-corrected chi connectivity index (χ1v) is 6.22. The maximum atomic E-state index is 12.2. The van der Waals surface area contributed by atoms with Crippen LogP contribution in [-0.2, 0) is 6.54 Å². The average Bonchev–Trinajstić information content (AvgIpc) is 2.37. The Morgan fingerprint density at radius 2 is 2.00 bits per heavy atom. The van der Waals surface area contributed by atoms with E-state index in [1.165, 1.54) is 0 Å².